The number of nitrogens with one attached hydrogen (secondary N) is 1. The van der Waals surface area contributed by atoms with Crippen LogP contribution in [-0.4, -0.2) is 24.0 Å². The number of carbonyl (C=O) groups excluding carboxylic acids is 1. The van der Waals surface area contributed by atoms with Gasteiger partial charge in [-0.05, 0) is 32.1 Å². The van der Waals surface area contributed by atoms with Gasteiger partial charge in [-0.15, -0.1) is 0 Å². The van der Waals surface area contributed by atoms with E-state index >= 15 is 0 Å². The van der Waals surface area contributed by atoms with Gasteiger partial charge < -0.3 is 0 Å². The lowest BCUT2D eigenvalue weighted by Crippen LogP contribution is -2.36. The van der Waals surface area contributed by atoms with Gasteiger partial charge in [0.1, 0.15) is 0 Å². The van der Waals surface area contributed by atoms with Crippen molar-refractivity contribution in [2.45, 2.75) is 38.5 Å². The molecule has 0 aromatic heterocycles. The van der Waals surface area contributed by atoms with Crippen LogP contribution in [0.25, 0.3) is 0 Å². The Bertz CT molecular complexity index is 242. The summed E-state index contributed by atoms with van der Waals surface area (Å²) in [5, 5.41) is 1.77. The largest absolute Gasteiger partial charge is 0.278 e. The average molecular weight is 194 g/mol. The predicted octanol–water partition coefficient (Wildman–Crippen LogP) is 1.61. The van der Waals surface area contributed by atoms with Crippen molar-refractivity contribution in [3.05, 3.63) is 11.6 Å². The quantitative estimate of drug-likeness (QED) is 0.677. The van der Waals surface area contributed by atoms with Crippen LogP contribution in [0.3, 0.4) is 0 Å². The van der Waals surface area contributed by atoms with E-state index < -0.39 is 0 Å². The molecule has 3 heteroatoms. The number of hydrazine groups is 1. The van der Waals surface area contributed by atoms with Crippen LogP contribution >= 0.6 is 0 Å². The number of hydrogen-bond acceptors (Lipinski definition) is 2. The van der Waals surface area contributed by atoms with E-state index in [-0.39, 0.29) is 5.91 Å². The van der Waals surface area contributed by atoms with E-state index in [1.807, 2.05) is 0 Å². The van der Waals surface area contributed by atoms with Crippen LogP contribution < -0.4 is 5.43 Å². The highest BCUT2D eigenvalue weighted by molar-refractivity contribution is 5.78. The van der Waals surface area contributed by atoms with Gasteiger partial charge in [-0.1, -0.05) is 11.6 Å². The molecule has 0 bridgehead atoms. The van der Waals surface area contributed by atoms with E-state index in [4.69, 9.17) is 0 Å². The molecule has 0 saturated carbocycles. The molecule has 0 radical (unpaired) electrons. The molecule has 1 saturated heterocycles. The van der Waals surface area contributed by atoms with Gasteiger partial charge in [0.2, 0.25) is 5.91 Å². The Morgan fingerprint density at radius 1 is 1.43 bits per heavy atom. The Labute approximate surface area is 85.1 Å². The number of hydrogen-bond donors (Lipinski definition) is 1. The third-order valence-corrected chi connectivity index (χ3v) is 2.93. The highest BCUT2D eigenvalue weighted by Crippen LogP contribution is 2.20. The molecule has 0 spiro atoms. The summed E-state index contributed by atoms with van der Waals surface area (Å²) >= 11 is 0. The number of nitrogens with zero attached hydrogens (tertiary/aromatic N) is 1. The Morgan fingerprint density at radius 3 is 3.00 bits per heavy atom. The first kappa shape index (κ1) is 9.71. The minimum atomic E-state index is 0.246. The zero-order valence-electron chi connectivity index (χ0n) is 8.59. The SMILES string of the molecule is O=C(CC1=CCCCC1)N1CCCN1. The molecule has 1 aliphatic heterocycles. The van der Waals surface area contributed by atoms with E-state index in [0.717, 1.165) is 32.4 Å². The van der Waals surface area contributed by atoms with E-state index in [1.165, 1.54) is 18.4 Å². The van der Waals surface area contributed by atoms with Gasteiger partial charge in [0.15, 0.2) is 0 Å². The molecular formula is C11H18N2O. The molecule has 0 aromatic rings. The summed E-state index contributed by atoms with van der Waals surface area (Å²) < 4.78 is 0. The summed E-state index contributed by atoms with van der Waals surface area (Å²) in [6, 6.07) is 0. The maximum Gasteiger partial charge on any atom is 0.240 e. The number of carbonyl (C=O) groups is 1. The molecule has 14 heavy (non-hydrogen) atoms. The van der Waals surface area contributed by atoms with Gasteiger partial charge >= 0.3 is 0 Å². The maximum absolute atomic E-state index is 11.7. The van der Waals surface area contributed by atoms with Crippen LogP contribution in [0.2, 0.25) is 0 Å². The van der Waals surface area contributed by atoms with Gasteiger partial charge in [0.05, 0.1) is 0 Å². The fourth-order valence-electron chi connectivity index (χ4n) is 2.10. The minimum Gasteiger partial charge on any atom is -0.278 e. The Hall–Kier alpha value is -0.830. The van der Waals surface area contributed by atoms with Crippen LogP contribution in [0.1, 0.15) is 38.5 Å². The molecule has 78 valence electrons. The third kappa shape index (κ3) is 2.35. The van der Waals surface area contributed by atoms with Crippen molar-refractivity contribution in [1.29, 1.82) is 0 Å². The number of amides is 1. The lowest BCUT2D eigenvalue weighted by Gasteiger charge is -2.18. The van der Waals surface area contributed by atoms with Crippen LogP contribution in [-0.2, 0) is 4.79 Å². The van der Waals surface area contributed by atoms with Crippen LogP contribution in [0.15, 0.2) is 11.6 Å². The summed E-state index contributed by atoms with van der Waals surface area (Å²) in [5.41, 5.74) is 4.45. The summed E-state index contributed by atoms with van der Waals surface area (Å²) in [6.07, 6.45) is 8.80. The van der Waals surface area contributed by atoms with Crippen molar-refractivity contribution >= 4 is 5.91 Å². The number of rotatable bonds is 2. The molecule has 1 fully saturated rings. The highest BCUT2D eigenvalue weighted by Gasteiger charge is 2.18. The van der Waals surface area contributed by atoms with Gasteiger partial charge in [-0.2, -0.15) is 0 Å². The second kappa shape index (κ2) is 4.60. The molecule has 3 nitrogen and oxygen atoms in total. The normalized spacial score (nSPS) is 22.3. The standard InChI is InChI=1S/C11H18N2O/c14-11(13-8-4-7-12-13)9-10-5-2-1-3-6-10/h5,12H,1-4,6-9H2. The second-order valence-electron chi connectivity index (χ2n) is 4.09. The highest BCUT2D eigenvalue weighted by atomic mass is 16.2. The second-order valence-corrected chi connectivity index (χ2v) is 4.09. The number of allylic oxidation sites excluding steroid dienone is 1. The van der Waals surface area contributed by atoms with E-state index in [9.17, 15) is 4.79 Å². The van der Waals surface area contributed by atoms with Gasteiger partial charge in [0.25, 0.3) is 0 Å². The van der Waals surface area contributed by atoms with Crippen molar-refractivity contribution in [1.82, 2.24) is 10.4 Å². The fraction of sp³-hybridized carbons (Fsp3) is 0.727. The Kier molecular flexibility index (Phi) is 3.19. The summed E-state index contributed by atoms with van der Waals surface area (Å²) in [7, 11) is 0. The van der Waals surface area contributed by atoms with Crippen molar-refractivity contribution < 1.29 is 4.79 Å². The molecular weight excluding hydrogens is 176 g/mol. The first-order chi connectivity index (χ1) is 6.86. The molecule has 2 rings (SSSR count). The Balaban J connectivity index is 1.83. The molecule has 0 atom stereocenters. The van der Waals surface area contributed by atoms with Gasteiger partial charge in [-0.3, -0.25) is 9.80 Å². The first-order valence-corrected chi connectivity index (χ1v) is 5.58. The third-order valence-electron chi connectivity index (χ3n) is 2.93. The average Bonchev–Trinajstić information content (AvgIpc) is 2.72. The molecule has 1 heterocycles. The van der Waals surface area contributed by atoms with Gasteiger partial charge in [-0.25, -0.2) is 5.43 Å². The van der Waals surface area contributed by atoms with Crippen molar-refractivity contribution in [3.63, 3.8) is 0 Å². The maximum atomic E-state index is 11.7. The van der Waals surface area contributed by atoms with E-state index in [0.29, 0.717) is 6.42 Å². The summed E-state index contributed by atoms with van der Waals surface area (Å²) in [5.74, 6) is 0.246. The molecule has 1 aliphatic carbocycles. The topological polar surface area (TPSA) is 32.3 Å². The smallest absolute Gasteiger partial charge is 0.240 e. The van der Waals surface area contributed by atoms with Crippen molar-refractivity contribution in [2.75, 3.05) is 13.1 Å². The van der Waals surface area contributed by atoms with Crippen molar-refractivity contribution in [3.8, 4) is 0 Å². The lowest BCUT2D eigenvalue weighted by molar-refractivity contribution is -0.131. The molecule has 0 unspecified atom stereocenters. The predicted molar refractivity (Wildman–Crippen MR) is 55.5 cm³/mol. The first-order valence-electron chi connectivity index (χ1n) is 5.58. The van der Waals surface area contributed by atoms with E-state index in [2.05, 4.69) is 11.5 Å². The molecule has 2 aliphatic rings. The van der Waals surface area contributed by atoms with E-state index in [1.54, 1.807) is 5.01 Å². The molecule has 0 aromatic carbocycles. The van der Waals surface area contributed by atoms with Crippen LogP contribution in [0, 0.1) is 0 Å². The Morgan fingerprint density at radius 2 is 2.36 bits per heavy atom. The molecule has 1 N–H and O–H groups in total. The zero-order valence-corrected chi connectivity index (χ0v) is 8.59. The zero-order chi connectivity index (χ0) is 9.80. The monoisotopic (exact) mass is 194 g/mol. The summed E-state index contributed by atoms with van der Waals surface area (Å²) in [4.78, 5) is 11.7. The van der Waals surface area contributed by atoms with Gasteiger partial charge in [0, 0.05) is 19.5 Å². The van der Waals surface area contributed by atoms with Crippen molar-refractivity contribution in [2.24, 2.45) is 0 Å². The lowest BCUT2D eigenvalue weighted by atomic mass is 9.97. The minimum absolute atomic E-state index is 0.246. The molecule has 1 amide bonds. The fourth-order valence-corrected chi connectivity index (χ4v) is 2.10. The van der Waals surface area contributed by atoms with Crippen LogP contribution in [0.4, 0.5) is 0 Å². The summed E-state index contributed by atoms with van der Waals surface area (Å²) in [6.45, 7) is 1.83. The van der Waals surface area contributed by atoms with Crippen LogP contribution in [0.5, 0.6) is 0 Å².